The lowest BCUT2D eigenvalue weighted by Gasteiger charge is -2.35. The second-order valence-electron chi connectivity index (χ2n) is 15.6. The highest BCUT2D eigenvalue weighted by atomic mass is 15.1. The lowest BCUT2D eigenvalue weighted by Crippen LogP contribution is -2.28. The molecule has 2 heteroatoms. The number of hydrogen-bond donors (Lipinski definition) is 0. The van der Waals surface area contributed by atoms with E-state index in [1.807, 2.05) is 30.3 Å². The summed E-state index contributed by atoms with van der Waals surface area (Å²) in [6.07, 6.45) is 1.93. The lowest BCUT2D eigenvalue weighted by atomic mass is 9.67. The Labute approximate surface area is 358 Å². The first kappa shape index (κ1) is 37.3. The Bertz CT molecular complexity index is 3040. The van der Waals surface area contributed by atoms with Gasteiger partial charge in [0.15, 0.2) is 0 Å². The van der Waals surface area contributed by atoms with E-state index >= 15 is 0 Å². The summed E-state index contributed by atoms with van der Waals surface area (Å²) in [4.78, 5) is 2.30. The molecule has 1 aliphatic rings. The van der Waals surface area contributed by atoms with Crippen LogP contribution in [0, 0.1) is 18.3 Å². The molecule has 10 rings (SSSR count). The topological polar surface area (TPSA) is 27.0 Å². The molecular formula is C59H42N2. The minimum Gasteiger partial charge on any atom is -0.310 e. The summed E-state index contributed by atoms with van der Waals surface area (Å²) in [5.41, 5.74) is 20.1. The zero-order chi connectivity index (χ0) is 41.3. The van der Waals surface area contributed by atoms with Gasteiger partial charge in [-0.1, -0.05) is 183 Å². The SMILES string of the molecule is C=Cc1ccccc1-c1cccc(-c2ccc(-c3ccc(N(c4ccc(C#N)cc4)c4ccc5c(c4)C(c4ccccc4)(c4ccccc4)c4ccccc4-5)cc3)cc2)c1C. The van der Waals surface area contributed by atoms with Crippen LogP contribution in [0.15, 0.2) is 225 Å². The highest BCUT2D eigenvalue weighted by Gasteiger charge is 2.46. The number of nitrogens with zero attached hydrogens (tertiary/aromatic N) is 2. The van der Waals surface area contributed by atoms with Gasteiger partial charge in [0, 0.05) is 17.1 Å². The Morgan fingerprint density at radius 2 is 0.934 bits per heavy atom. The quantitative estimate of drug-likeness (QED) is 0.146. The second kappa shape index (κ2) is 15.6. The maximum Gasteiger partial charge on any atom is 0.0991 e. The normalized spacial score (nSPS) is 12.2. The van der Waals surface area contributed by atoms with Crippen LogP contribution in [0.1, 0.15) is 38.9 Å². The molecule has 0 fully saturated rings. The van der Waals surface area contributed by atoms with Crippen LogP contribution in [0.5, 0.6) is 0 Å². The van der Waals surface area contributed by atoms with Crippen molar-refractivity contribution in [2.45, 2.75) is 12.3 Å². The Morgan fingerprint density at radius 1 is 0.443 bits per heavy atom. The van der Waals surface area contributed by atoms with E-state index in [2.05, 4.69) is 219 Å². The number of anilines is 3. The second-order valence-corrected chi connectivity index (χ2v) is 15.6. The predicted octanol–water partition coefficient (Wildman–Crippen LogP) is 15.3. The molecule has 0 radical (unpaired) electrons. The molecule has 2 nitrogen and oxygen atoms in total. The molecule has 0 saturated carbocycles. The van der Waals surface area contributed by atoms with Crippen LogP contribution < -0.4 is 4.90 Å². The molecule has 1 aliphatic carbocycles. The fraction of sp³-hybridized carbons (Fsp3) is 0.0339. The summed E-state index contributed by atoms with van der Waals surface area (Å²) < 4.78 is 0. The van der Waals surface area contributed by atoms with Gasteiger partial charge in [-0.3, -0.25) is 0 Å². The van der Waals surface area contributed by atoms with Gasteiger partial charge >= 0.3 is 0 Å². The first-order chi connectivity index (χ1) is 30.1. The number of benzene rings is 9. The van der Waals surface area contributed by atoms with E-state index in [1.54, 1.807) is 0 Å². The number of hydrogen-bond acceptors (Lipinski definition) is 2. The molecule has 0 aliphatic heterocycles. The van der Waals surface area contributed by atoms with Gasteiger partial charge in [-0.25, -0.2) is 0 Å². The van der Waals surface area contributed by atoms with E-state index in [0.717, 1.165) is 33.8 Å². The van der Waals surface area contributed by atoms with Gasteiger partial charge in [0.1, 0.15) is 0 Å². The number of fused-ring (bicyclic) bond motifs is 3. The van der Waals surface area contributed by atoms with Gasteiger partial charge in [0.25, 0.3) is 0 Å². The Balaban J connectivity index is 1.05. The third-order valence-corrected chi connectivity index (χ3v) is 12.4. The number of nitriles is 1. The van der Waals surface area contributed by atoms with Gasteiger partial charge < -0.3 is 4.90 Å². The van der Waals surface area contributed by atoms with Crippen LogP contribution in [-0.2, 0) is 5.41 Å². The van der Waals surface area contributed by atoms with E-state index in [1.165, 1.54) is 61.2 Å². The zero-order valence-electron chi connectivity index (χ0n) is 34.0. The van der Waals surface area contributed by atoms with Crippen molar-refractivity contribution in [3.63, 3.8) is 0 Å². The highest BCUT2D eigenvalue weighted by molar-refractivity contribution is 5.90. The fourth-order valence-electron chi connectivity index (χ4n) is 9.51. The molecule has 0 unspecified atom stereocenters. The van der Waals surface area contributed by atoms with E-state index in [-0.39, 0.29) is 0 Å². The highest BCUT2D eigenvalue weighted by Crippen LogP contribution is 2.57. The van der Waals surface area contributed by atoms with Crippen molar-refractivity contribution in [1.82, 2.24) is 0 Å². The van der Waals surface area contributed by atoms with Crippen LogP contribution in [0.25, 0.3) is 50.6 Å². The van der Waals surface area contributed by atoms with Crippen LogP contribution in [0.3, 0.4) is 0 Å². The average Bonchev–Trinajstić information content (AvgIpc) is 3.63. The van der Waals surface area contributed by atoms with E-state index in [0.29, 0.717) is 5.56 Å². The summed E-state index contributed by atoms with van der Waals surface area (Å²) in [5.74, 6) is 0. The molecule has 9 aromatic carbocycles. The molecule has 0 aromatic heterocycles. The maximum absolute atomic E-state index is 9.71. The predicted molar refractivity (Wildman–Crippen MR) is 254 cm³/mol. The van der Waals surface area contributed by atoms with Crippen LogP contribution >= 0.6 is 0 Å². The van der Waals surface area contributed by atoms with Crippen molar-refractivity contribution >= 4 is 23.1 Å². The summed E-state index contributed by atoms with van der Waals surface area (Å²) >= 11 is 0. The van der Waals surface area contributed by atoms with E-state index < -0.39 is 5.41 Å². The van der Waals surface area contributed by atoms with Gasteiger partial charge in [0.2, 0.25) is 0 Å². The van der Waals surface area contributed by atoms with Crippen LogP contribution in [-0.4, -0.2) is 0 Å². The van der Waals surface area contributed by atoms with Crippen LogP contribution in [0.2, 0.25) is 0 Å². The lowest BCUT2D eigenvalue weighted by molar-refractivity contribution is 0.768. The van der Waals surface area contributed by atoms with Crippen molar-refractivity contribution in [3.8, 4) is 50.6 Å². The van der Waals surface area contributed by atoms with E-state index in [4.69, 9.17) is 0 Å². The monoisotopic (exact) mass is 778 g/mol. The first-order valence-corrected chi connectivity index (χ1v) is 20.8. The summed E-state index contributed by atoms with van der Waals surface area (Å²) in [6, 6.07) is 80.5. The summed E-state index contributed by atoms with van der Waals surface area (Å²) in [5, 5.41) is 9.71. The molecule has 0 N–H and O–H groups in total. The Hall–Kier alpha value is -7.99. The van der Waals surface area contributed by atoms with Gasteiger partial charge in [-0.2, -0.15) is 5.26 Å². The molecule has 0 amide bonds. The fourth-order valence-corrected chi connectivity index (χ4v) is 9.51. The van der Waals surface area contributed by atoms with Crippen molar-refractivity contribution in [1.29, 1.82) is 5.26 Å². The standard InChI is InChI=1S/C59H42N2/c1-3-43-15-10-11-20-54(43)53-23-14-22-52(41(53)2)46-29-27-44(28-30-46)45-31-35-50(36-32-45)61(49-33-25-42(40-60)26-34-49)51-37-38-56-55-21-12-13-24-57(55)59(58(56)39-51,47-16-6-4-7-17-47)48-18-8-5-9-19-48/h3-39H,1H2,2H3. The molecule has 0 bridgehead atoms. The van der Waals surface area contributed by atoms with Crippen molar-refractivity contribution in [3.05, 3.63) is 264 Å². The van der Waals surface area contributed by atoms with E-state index in [9.17, 15) is 5.26 Å². The zero-order valence-corrected chi connectivity index (χ0v) is 34.0. The van der Waals surface area contributed by atoms with Crippen molar-refractivity contribution in [2.75, 3.05) is 4.90 Å². The molecular weight excluding hydrogens is 737 g/mol. The Morgan fingerprint density at radius 3 is 1.57 bits per heavy atom. The average molecular weight is 779 g/mol. The molecule has 0 spiro atoms. The third-order valence-electron chi connectivity index (χ3n) is 12.4. The maximum atomic E-state index is 9.71. The van der Waals surface area contributed by atoms with Crippen LogP contribution in [0.4, 0.5) is 17.1 Å². The van der Waals surface area contributed by atoms with Gasteiger partial charge in [-0.05, 0) is 133 Å². The Kier molecular flexibility index (Phi) is 9.56. The third kappa shape index (κ3) is 6.36. The molecule has 61 heavy (non-hydrogen) atoms. The molecule has 0 saturated heterocycles. The number of rotatable bonds is 9. The molecule has 0 atom stereocenters. The molecule has 288 valence electrons. The van der Waals surface area contributed by atoms with Gasteiger partial charge in [0.05, 0.1) is 17.0 Å². The minimum absolute atomic E-state index is 0.521. The molecule has 0 heterocycles. The minimum atomic E-state index is -0.521. The summed E-state index contributed by atoms with van der Waals surface area (Å²) in [6.45, 7) is 6.26. The molecule has 9 aromatic rings. The first-order valence-electron chi connectivity index (χ1n) is 20.8. The van der Waals surface area contributed by atoms with Crippen molar-refractivity contribution in [2.24, 2.45) is 0 Å². The van der Waals surface area contributed by atoms with Gasteiger partial charge in [-0.15, -0.1) is 0 Å². The summed E-state index contributed by atoms with van der Waals surface area (Å²) in [7, 11) is 0. The van der Waals surface area contributed by atoms with Crippen molar-refractivity contribution < 1.29 is 0 Å². The largest absolute Gasteiger partial charge is 0.310 e. The smallest absolute Gasteiger partial charge is 0.0991 e.